The molecule has 0 atom stereocenters. The number of nitrogens with one attached hydrogen (secondary N) is 1. The number of anilines is 4. The summed E-state index contributed by atoms with van der Waals surface area (Å²) >= 11 is 0. The van der Waals surface area contributed by atoms with Crippen molar-refractivity contribution >= 4 is 29.0 Å². The quantitative estimate of drug-likeness (QED) is 0.835. The molecule has 0 unspecified atom stereocenters. The summed E-state index contributed by atoms with van der Waals surface area (Å²) in [6, 6.07) is 7.47. The number of para-hydroxylation sites is 2. The van der Waals surface area contributed by atoms with Crippen molar-refractivity contribution in [1.82, 2.24) is 9.97 Å². The Hall–Kier alpha value is -2.63. The molecule has 18 heavy (non-hydrogen) atoms. The lowest BCUT2D eigenvalue weighted by atomic mass is 10.2. The first-order chi connectivity index (χ1) is 8.75. The van der Waals surface area contributed by atoms with E-state index in [4.69, 9.17) is 5.11 Å². The summed E-state index contributed by atoms with van der Waals surface area (Å²) in [4.78, 5) is 21.0. The molecule has 1 aliphatic heterocycles. The fourth-order valence-corrected chi connectivity index (χ4v) is 1.97. The summed E-state index contributed by atoms with van der Waals surface area (Å²) in [6.45, 7) is -0.148. The first-order valence-corrected chi connectivity index (χ1v) is 5.42. The first-order valence-electron chi connectivity index (χ1n) is 5.42. The molecule has 90 valence electrons. The third kappa shape index (κ3) is 1.64. The van der Waals surface area contributed by atoms with Crippen LogP contribution in [-0.2, 0) is 4.79 Å². The molecule has 3 rings (SSSR count). The minimum atomic E-state index is -0.914. The minimum Gasteiger partial charge on any atom is -0.480 e. The summed E-state index contributed by atoms with van der Waals surface area (Å²) in [5, 5.41) is 12.1. The number of rotatable bonds is 2. The lowest BCUT2D eigenvalue weighted by Crippen LogP contribution is -2.29. The topological polar surface area (TPSA) is 78.4 Å². The highest BCUT2D eigenvalue weighted by molar-refractivity contribution is 5.91. The third-order valence-corrected chi connectivity index (χ3v) is 2.68. The van der Waals surface area contributed by atoms with Crippen molar-refractivity contribution in [3.8, 4) is 0 Å². The van der Waals surface area contributed by atoms with Gasteiger partial charge in [0, 0.05) is 12.4 Å². The molecule has 0 bridgehead atoms. The normalized spacial score (nSPS) is 12.3. The Morgan fingerprint density at radius 2 is 2.06 bits per heavy atom. The molecule has 2 heterocycles. The van der Waals surface area contributed by atoms with Crippen molar-refractivity contribution in [2.24, 2.45) is 0 Å². The van der Waals surface area contributed by atoms with E-state index in [1.807, 2.05) is 24.3 Å². The number of aromatic nitrogens is 2. The van der Waals surface area contributed by atoms with Gasteiger partial charge in [0.25, 0.3) is 0 Å². The average Bonchev–Trinajstić information content (AvgIpc) is 2.38. The Morgan fingerprint density at radius 1 is 1.28 bits per heavy atom. The second kappa shape index (κ2) is 3.99. The van der Waals surface area contributed by atoms with Crippen molar-refractivity contribution in [2.45, 2.75) is 0 Å². The lowest BCUT2D eigenvalue weighted by molar-refractivity contribution is -0.135. The highest BCUT2D eigenvalue weighted by Gasteiger charge is 2.25. The van der Waals surface area contributed by atoms with E-state index in [-0.39, 0.29) is 6.54 Å². The number of hydrogen-bond acceptors (Lipinski definition) is 5. The van der Waals surface area contributed by atoms with E-state index in [1.165, 1.54) is 0 Å². The van der Waals surface area contributed by atoms with Crippen LogP contribution in [0.5, 0.6) is 0 Å². The van der Waals surface area contributed by atoms with Gasteiger partial charge in [0.2, 0.25) is 0 Å². The van der Waals surface area contributed by atoms with Crippen LogP contribution in [0.3, 0.4) is 0 Å². The number of carbonyl (C=O) groups is 1. The summed E-state index contributed by atoms with van der Waals surface area (Å²) in [5.41, 5.74) is 1.61. The van der Waals surface area contributed by atoms with Crippen LogP contribution in [-0.4, -0.2) is 27.6 Å². The molecule has 1 aromatic heterocycles. The van der Waals surface area contributed by atoms with Crippen LogP contribution in [0.2, 0.25) is 0 Å². The van der Waals surface area contributed by atoms with E-state index in [9.17, 15) is 4.79 Å². The molecule has 0 radical (unpaired) electrons. The van der Waals surface area contributed by atoms with Crippen LogP contribution in [0.1, 0.15) is 0 Å². The van der Waals surface area contributed by atoms with Crippen molar-refractivity contribution in [1.29, 1.82) is 0 Å². The number of hydrogen-bond donors (Lipinski definition) is 2. The van der Waals surface area contributed by atoms with Gasteiger partial charge in [-0.05, 0) is 12.1 Å². The minimum absolute atomic E-state index is 0.148. The maximum atomic E-state index is 11.0. The Balaban J connectivity index is 2.14. The summed E-state index contributed by atoms with van der Waals surface area (Å²) in [5.74, 6) is 0.180. The summed E-state index contributed by atoms with van der Waals surface area (Å²) in [6.07, 6.45) is 3.11. The van der Waals surface area contributed by atoms with Crippen molar-refractivity contribution in [3.05, 3.63) is 36.7 Å². The fourth-order valence-electron chi connectivity index (χ4n) is 1.97. The van der Waals surface area contributed by atoms with Crippen LogP contribution in [0.4, 0.5) is 23.0 Å². The zero-order chi connectivity index (χ0) is 12.5. The predicted molar refractivity (Wildman–Crippen MR) is 66.4 cm³/mol. The highest BCUT2D eigenvalue weighted by Crippen LogP contribution is 2.40. The van der Waals surface area contributed by atoms with Crippen molar-refractivity contribution in [3.63, 3.8) is 0 Å². The molecule has 0 saturated heterocycles. The number of benzene rings is 1. The molecule has 1 aliphatic rings. The van der Waals surface area contributed by atoms with Crippen molar-refractivity contribution < 1.29 is 9.90 Å². The van der Waals surface area contributed by atoms with Gasteiger partial charge in [-0.3, -0.25) is 4.79 Å². The Morgan fingerprint density at radius 3 is 2.89 bits per heavy atom. The number of carboxylic acids is 1. The van der Waals surface area contributed by atoms with Crippen LogP contribution in [0, 0.1) is 0 Å². The summed E-state index contributed by atoms with van der Waals surface area (Å²) in [7, 11) is 0. The van der Waals surface area contributed by atoms with E-state index in [0.29, 0.717) is 11.6 Å². The van der Waals surface area contributed by atoms with E-state index in [2.05, 4.69) is 15.3 Å². The Bertz CT molecular complexity index is 569. The van der Waals surface area contributed by atoms with E-state index >= 15 is 0 Å². The maximum absolute atomic E-state index is 11.0. The Labute approximate surface area is 103 Å². The summed E-state index contributed by atoms with van der Waals surface area (Å²) < 4.78 is 0. The van der Waals surface area contributed by atoms with Crippen LogP contribution in [0.15, 0.2) is 36.7 Å². The Kier molecular flexibility index (Phi) is 2.33. The zero-order valence-electron chi connectivity index (χ0n) is 9.37. The smallest absolute Gasteiger partial charge is 0.323 e. The van der Waals surface area contributed by atoms with E-state index < -0.39 is 5.97 Å². The van der Waals surface area contributed by atoms with Crippen LogP contribution < -0.4 is 10.2 Å². The molecule has 2 N–H and O–H groups in total. The van der Waals surface area contributed by atoms with E-state index in [1.54, 1.807) is 17.3 Å². The van der Waals surface area contributed by atoms with Crippen molar-refractivity contribution in [2.75, 3.05) is 16.8 Å². The van der Waals surface area contributed by atoms with Crippen LogP contribution >= 0.6 is 0 Å². The molecule has 0 amide bonds. The molecule has 0 spiro atoms. The lowest BCUT2D eigenvalue weighted by Gasteiger charge is -2.30. The van der Waals surface area contributed by atoms with Gasteiger partial charge >= 0.3 is 5.97 Å². The SMILES string of the molecule is O=C(O)CN1c2ccccc2Nc2nccnc21. The van der Waals surface area contributed by atoms with Gasteiger partial charge in [-0.2, -0.15) is 0 Å². The number of aliphatic carboxylic acids is 1. The van der Waals surface area contributed by atoms with Gasteiger partial charge in [0.1, 0.15) is 6.54 Å². The standard InChI is InChI=1S/C12H10N4O2/c17-10(18)7-16-9-4-2-1-3-8(9)15-11-12(16)14-6-5-13-11/h1-6H,7H2,(H,13,15)(H,17,18). The highest BCUT2D eigenvalue weighted by atomic mass is 16.4. The second-order valence-electron chi connectivity index (χ2n) is 3.85. The zero-order valence-corrected chi connectivity index (χ0v) is 9.37. The van der Waals surface area contributed by atoms with Gasteiger partial charge in [0.15, 0.2) is 11.6 Å². The largest absolute Gasteiger partial charge is 0.480 e. The molecule has 2 aromatic rings. The number of carboxylic acid groups (broad SMARTS) is 1. The molecule has 6 heteroatoms. The molecule has 0 fully saturated rings. The monoisotopic (exact) mass is 242 g/mol. The number of fused-ring (bicyclic) bond motifs is 2. The average molecular weight is 242 g/mol. The van der Waals surface area contributed by atoms with Crippen LogP contribution in [0.25, 0.3) is 0 Å². The van der Waals surface area contributed by atoms with Gasteiger partial charge in [-0.15, -0.1) is 0 Å². The predicted octanol–water partition coefficient (Wildman–Crippen LogP) is 1.76. The maximum Gasteiger partial charge on any atom is 0.323 e. The molecular weight excluding hydrogens is 232 g/mol. The van der Waals surface area contributed by atoms with Gasteiger partial charge < -0.3 is 15.3 Å². The molecule has 0 saturated carbocycles. The van der Waals surface area contributed by atoms with E-state index in [0.717, 1.165) is 11.4 Å². The first kappa shape index (κ1) is 10.5. The molecule has 0 aliphatic carbocycles. The molecule has 1 aromatic carbocycles. The second-order valence-corrected chi connectivity index (χ2v) is 3.85. The van der Waals surface area contributed by atoms with Gasteiger partial charge in [-0.25, -0.2) is 9.97 Å². The van der Waals surface area contributed by atoms with Gasteiger partial charge in [-0.1, -0.05) is 12.1 Å². The third-order valence-electron chi connectivity index (χ3n) is 2.68. The number of nitrogens with zero attached hydrogens (tertiary/aromatic N) is 3. The molecule has 6 nitrogen and oxygen atoms in total. The fraction of sp³-hybridized carbons (Fsp3) is 0.0833. The molecular formula is C12H10N4O2. The van der Waals surface area contributed by atoms with Gasteiger partial charge in [0.05, 0.1) is 11.4 Å².